The van der Waals surface area contributed by atoms with Gasteiger partial charge < -0.3 is 20.2 Å². The summed E-state index contributed by atoms with van der Waals surface area (Å²) in [5.74, 6) is 1.84. The fraction of sp³-hybridized carbons (Fsp3) is 0.0435. The Labute approximate surface area is 175 Å². The number of pyridine rings is 1. The van der Waals surface area contributed by atoms with Gasteiger partial charge in [0.15, 0.2) is 5.75 Å². The summed E-state index contributed by atoms with van der Waals surface area (Å²) in [7, 11) is 1.42. The molecule has 0 atom stereocenters. The Balaban J connectivity index is 1.62. The van der Waals surface area contributed by atoms with Gasteiger partial charge in [0.2, 0.25) is 5.43 Å². The quantitative estimate of drug-likeness (QED) is 0.416. The molecule has 0 saturated heterocycles. The highest BCUT2D eigenvalue weighted by Crippen LogP contribution is 2.29. The Bertz CT molecular complexity index is 1530. The average molecular weight is 414 g/mol. The maximum atomic E-state index is 12.7. The molecule has 154 valence electrons. The summed E-state index contributed by atoms with van der Waals surface area (Å²) in [6.45, 7) is 0. The SMILES string of the molecule is COc1cc2c(cc1=O)[nH]c(=O)c1c(N)n(-c3ccc(Oc4ccccc4)cc3)[nH]c12. The van der Waals surface area contributed by atoms with Crippen LogP contribution in [-0.2, 0) is 0 Å². The van der Waals surface area contributed by atoms with E-state index in [1.54, 1.807) is 10.7 Å². The van der Waals surface area contributed by atoms with Crippen molar-refractivity contribution in [2.45, 2.75) is 0 Å². The fourth-order valence-electron chi connectivity index (χ4n) is 3.60. The zero-order valence-electron chi connectivity index (χ0n) is 16.5. The minimum atomic E-state index is -0.386. The molecule has 0 fully saturated rings. The van der Waals surface area contributed by atoms with Crippen molar-refractivity contribution in [2.75, 3.05) is 12.8 Å². The van der Waals surface area contributed by atoms with Crippen molar-refractivity contribution < 1.29 is 9.47 Å². The first-order valence-corrected chi connectivity index (χ1v) is 9.53. The van der Waals surface area contributed by atoms with Crippen LogP contribution in [0, 0.1) is 0 Å². The van der Waals surface area contributed by atoms with Crippen molar-refractivity contribution in [3.63, 3.8) is 0 Å². The highest BCUT2D eigenvalue weighted by atomic mass is 16.5. The van der Waals surface area contributed by atoms with E-state index < -0.39 is 0 Å². The second-order valence-electron chi connectivity index (χ2n) is 6.99. The average Bonchev–Trinajstić information content (AvgIpc) is 3.13. The lowest BCUT2D eigenvalue weighted by Gasteiger charge is -2.08. The minimum Gasteiger partial charge on any atom is -0.493 e. The van der Waals surface area contributed by atoms with Crippen molar-refractivity contribution in [1.82, 2.24) is 14.8 Å². The van der Waals surface area contributed by atoms with Gasteiger partial charge in [0.25, 0.3) is 5.56 Å². The van der Waals surface area contributed by atoms with Crippen molar-refractivity contribution in [1.29, 1.82) is 0 Å². The van der Waals surface area contributed by atoms with Crippen molar-refractivity contribution in [3.05, 3.63) is 87.3 Å². The number of ether oxygens (including phenoxy) is 2. The number of rotatable bonds is 4. The predicted molar refractivity (Wildman–Crippen MR) is 120 cm³/mol. The van der Waals surface area contributed by atoms with Crippen LogP contribution in [0.4, 0.5) is 5.82 Å². The number of nitrogens with one attached hydrogen (secondary N) is 2. The van der Waals surface area contributed by atoms with E-state index in [2.05, 4.69) is 10.1 Å². The van der Waals surface area contributed by atoms with Crippen LogP contribution in [0.5, 0.6) is 17.2 Å². The molecule has 0 aliphatic carbocycles. The molecule has 31 heavy (non-hydrogen) atoms. The topological polar surface area (TPSA) is 115 Å². The minimum absolute atomic E-state index is 0.183. The van der Waals surface area contributed by atoms with E-state index in [0.29, 0.717) is 33.2 Å². The van der Waals surface area contributed by atoms with Crippen LogP contribution in [0.3, 0.4) is 0 Å². The van der Waals surface area contributed by atoms with E-state index in [1.807, 2.05) is 54.6 Å². The number of H-pyrrole nitrogens is 2. The summed E-state index contributed by atoms with van der Waals surface area (Å²) in [6, 6.07) is 19.7. The van der Waals surface area contributed by atoms with Crippen molar-refractivity contribution in [3.8, 4) is 22.9 Å². The summed E-state index contributed by atoms with van der Waals surface area (Å²) in [5, 5.41) is 4.11. The van der Waals surface area contributed by atoms with Crippen LogP contribution in [0.1, 0.15) is 0 Å². The van der Waals surface area contributed by atoms with E-state index in [-0.39, 0.29) is 22.6 Å². The van der Waals surface area contributed by atoms with Crippen LogP contribution >= 0.6 is 0 Å². The Morgan fingerprint density at radius 2 is 1.65 bits per heavy atom. The number of fused-ring (bicyclic) bond motifs is 3. The standard InChI is InChI=1S/C23H18N4O4/c1-30-19-11-16-17(12-18(19)28)25-23(29)20-21(16)26-27(22(20)24)13-7-9-15(10-8-13)31-14-5-3-2-4-6-14/h2-12,26H,24H2,1H3,(H,25,29). The molecular formula is C23H18N4O4. The number of nitrogen functional groups attached to an aromatic ring is 1. The van der Waals surface area contributed by atoms with Gasteiger partial charge in [-0.05, 0) is 42.5 Å². The van der Waals surface area contributed by atoms with Gasteiger partial charge >= 0.3 is 0 Å². The number of aromatic nitrogens is 3. The van der Waals surface area contributed by atoms with Crippen LogP contribution in [0.25, 0.3) is 27.5 Å². The molecule has 8 heteroatoms. The summed E-state index contributed by atoms with van der Waals surface area (Å²) >= 11 is 0. The second kappa shape index (κ2) is 7.10. The number of aromatic amines is 2. The first-order valence-electron chi connectivity index (χ1n) is 9.53. The summed E-state index contributed by atoms with van der Waals surface area (Å²) in [5.41, 5.74) is 7.25. The van der Waals surface area contributed by atoms with Crippen molar-refractivity contribution in [2.24, 2.45) is 0 Å². The van der Waals surface area contributed by atoms with Gasteiger partial charge in [-0.3, -0.25) is 14.7 Å². The predicted octanol–water partition coefficient (Wildman–Crippen LogP) is 3.54. The number of anilines is 1. The van der Waals surface area contributed by atoms with E-state index in [9.17, 15) is 9.59 Å². The van der Waals surface area contributed by atoms with Gasteiger partial charge in [0, 0.05) is 11.5 Å². The van der Waals surface area contributed by atoms with Gasteiger partial charge in [-0.2, -0.15) is 0 Å². The van der Waals surface area contributed by atoms with Gasteiger partial charge in [-0.25, -0.2) is 4.68 Å². The molecule has 0 aliphatic rings. The molecule has 0 bridgehead atoms. The first-order chi connectivity index (χ1) is 15.0. The van der Waals surface area contributed by atoms with Crippen LogP contribution in [-0.4, -0.2) is 21.9 Å². The summed E-state index contributed by atoms with van der Waals surface area (Å²) in [4.78, 5) is 27.5. The smallest absolute Gasteiger partial charge is 0.261 e. The molecule has 5 aromatic rings. The monoisotopic (exact) mass is 414 g/mol. The Morgan fingerprint density at radius 1 is 0.935 bits per heavy atom. The normalized spacial score (nSPS) is 11.1. The molecule has 4 N–H and O–H groups in total. The second-order valence-corrected chi connectivity index (χ2v) is 6.99. The summed E-state index contributed by atoms with van der Waals surface area (Å²) in [6.07, 6.45) is 0. The lowest BCUT2D eigenvalue weighted by atomic mass is 10.1. The largest absolute Gasteiger partial charge is 0.493 e. The molecule has 3 aromatic carbocycles. The maximum absolute atomic E-state index is 12.7. The molecular weight excluding hydrogens is 396 g/mol. The molecule has 0 aliphatic heterocycles. The van der Waals surface area contributed by atoms with E-state index in [4.69, 9.17) is 15.2 Å². The van der Waals surface area contributed by atoms with E-state index in [0.717, 1.165) is 5.75 Å². The number of methoxy groups -OCH3 is 1. The molecule has 0 spiro atoms. The van der Waals surface area contributed by atoms with Gasteiger partial charge in [0.05, 0.1) is 23.8 Å². The fourth-order valence-corrected chi connectivity index (χ4v) is 3.60. The number of nitrogens with two attached hydrogens (primary N) is 1. The highest BCUT2D eigenvalue weighted by molar-refractivity contribution is 6.07. The first kappa shape index (κ1) is 18.6. The Morgan fingerprint density at radius 3 is 2.35 bits per heavy atom. The molecule has 0 saturated carbocycles. The van der Waals surface area contributed by atoms with Gasteiger partial charge in [-0.15, -0.1) is 0 Å². The van der Waals surface area contributed by atoms with E-state index >= 15 is 0 Å². The molecule has 0 radical (unpaired) electrons. The number of hydrogen-bond donors (Lipinski definition) is 3. The third kappa shape index (κ3) is 3.10. The Kier molecular flexibility index (Phi) is 4.25. The molecule has 0 amide bonds. The highest BCUT2D eigenvalue weighted by Gasteiger charge is 2.16. The molecule has 8 nitrogen and oxygen atoms in total. The zero-order chi connectivity index (χ0) is 21.5. The third-order valence-electron chi connectivity index (χ3n) is 5.09. The van der Waals surface area contributed by atoms with E-state index in [1.165, 1.54) is 13.2 Å². The maximum Gasteiger partial charge on any atom is 0.261 e. The van der Waals surface area contributed by atoms with Crippen LogP contribution in [0.2, 0.25) is 0 Å². The lowest BCUT2D eigenvalue weighted by molar-refractivity contribution is 0.411. The molecule has 2 aromatic heterocycles. The van der Waals surface area contributed by atoms with Crippen LogP contribution in [0.15, 0.2) is 76.3 Å². The molecule has 2 heterocycles. The van der Waals surface area contributed by atoms with Crippen molar-refractivity contribution >= 4 is 27.6 Å². The van der Waals surface area contributed by atoms with Gasteiger partial charge in [-0.1, -0.05) is 18.2 Å². The molecule has 5 rings (SSSR count). The lowest BCUT2D eigenvalue weighted by Crippen LogP contribution is -2.10. The van der Waals surface area contributed by atoms with Crippen LogP contribution < -0.4 is 26.2 Å². The summed E-state index contributed by atoms with van der Waals surface area (Å²) < 4.78 is 12.6. The number of para-hydroxylation sites is 1. The number of benzene rings is 3. The third-order valence-corrected chi connectivity index (χ3v) is 5.09. The number of hydrogen-bond acceptors (Lipinski definition) is 5. The zero-order valence-corrected chi connectivity index (χ0v) is 16.5. The van der Waals surface area contributed by atoms with Gasteiger partial charge in [0.1, 0.15) is 22.7 Å². The Hall–Kier alpha value is -4.46. The molecule has 0 unspecified atom stereocenters. The number of nitrogens with zero attached hydrogens (tertiary/aromatic N) is 1.